The van der Waals surface area contributed by atoms with Crippen LogP contribution in [0.25, 0.3) is 0 Å². The lowest BCUT2D eigenvalue weighted by Crippen LogP contribution is -2.55. The Morgan fingerprint density at radius 2 is 1.38 bits per heavy atom. The highest BCUT2D eigenvalue weighted by Gasteiger charge is 2.54. The summed E-state index contributed by atoms with van der Waals surface area (Å²) in [6.45, 7) is 30.4. The van der Waals surface area contributed by atoms with Crippen LogP contribution in [0.15, 0.2) is 24.8 Å². The van der Waals surface area contributed by atoms with Crippen LogP contribution in [0.5, 0.6) is 0 Å². The monoisotopic (exact) mass is 362 g/mol. The molecule has 1 aliphatic rings. The third kappa shape index (κ3) is 5.02. The van der Waals surface area contributed by atoms with Gasteiger partial charge in [-0.2, -0.15) is 0 Å². The SMILES string of the molecule is C=CC1C(C(C)(C)C)C(OC(=O)C(=C)C)CC(C(C)(C)C)C1C(C)(C)C. The molecule has 1 aliphatic carbocycles. The normalized spacial score (nSPS) is 30.6. The Hall–Kier alpha value is -1.05. The molecule has 1 rings (SSSR count). The molecule has 1 saturated carbocycles. The van der Waals surface area contributed by atoms with E-state index < -0.39 is 0 Å². The van der Waals surface area contributed by atoms with Gasteiger partial charge < -0.3 is 4.74 Å². The molecule has 0 aliphatic heterocycles. The predicted molar refractivity (Wildman–Crippen MR) is 112 cm³/mol. The van der Waals surface area contributed by atoms with E-state index in [4.69, 9.17) is 4.74 Å². The molecule has 5 atom stereocenters. The van der Waals surface area contributed by atoms with Crippen molar-refractivity contribution in [1.82, 2.24) is 0 Å². The van der Waals surface area contributed by atoms with Crippen molar-refractivity contribution in [3.8, 4) is 0 Å². The van der Waals surface area contributed by atoms with Crippen LogP contribution in [0.4, 0.5) is 0 Å². The average Bonchev–Trinajstić information content (AvgIpc) is 2.42. The van der Waals surface area contributed by atoms with Gasteiger partial charge in [0.05, 0.1) is 0 Å². The number of rotatable bonds is 3. The first-order valence-corrected chi connectivity index (χ1v) is 10.0. The van der Waals surface area contributed by atoms with Crippen LogP contribution >= 0.6 is 0 Å². The molecule has 2 nitrogen and oxygen atoms in total. The van der Waals surface area contributed by atoms with E-state index in [0.717, 1.165) is 6.42 Å². The summed E-state index contributed by atoms with van der Waals surface area (Å²) in [5.74, 6) is 1.21. The Labute approximate surface area is 162 Å². The maximum Gasteiger partial charge on any atom is 0.333 e. The number of hydrogen-bond acceptors (Lipinski definition) is 2. The Morgan fingerprint density at radius 1 is 0.923 bits per heavy atom. The molecule has 0 N–H and O–H groups in total. The number of allylic oxidation sites excluding steroid dienone is 1. The van der Waals surface area contributed by atoms with Crippen LogP contribution in [0, 0.1) is 39.9 Å². The molecule has 2 heteroatoms. The molecule has 0 amide bonds. The lowest BCUT2D eigenvalue weighted by atomic mass is 9.49. The molecule has 0 aromatic heterocycles. The topological polar surface area (TPSA) is 26.3 Å². The highest BCUT2D eigenvalue weighted by molar-refractivity contribution is 5.87. The molecule has 0 spiro atoms. The Balaban J connectivity index is 3.50. The molecule has 0 radical (unpaired) electrons. The third-order valence-corrected chi connectivity index (χ3v) is 6.14. The van der Waals surface area contributed by atoms with Crippen LogP contribution in [-0.4, -0.2) is 12.1 Å². The number of carbonyl (C=O) groups excluding carboxylic acids is 1. The molecular formula is C24H42O2. The Bertz CT molecular complexity index is 536. The van der Waals surface area contributed by atoms with E-state index in [-0.39, 0.29) is 34.2 Å². The van der Waals surface area contributed by atoms with Crippen LogP contribution in [-0.2, 0) is 9.53 Å². The summed E-state index contributed by atoms with van der Waals surface area (Å²) in [5, 5.41) is 0. The summed E-state index contributed by atoms with van der Waals surface area (Å²) in [4.78, 5) is 12.4. The molecule has 0 saturated heterocycles. The second-order valence-electron chi connectivity index (χ2n) is 11.5. The Kier molecular flexibility index (Phi) is 6.65. The summed E-state index contributed by atoms with van der Waals surface area (Å²) in [7, 11) is 0. The molecule has 26 heavy (non-hydrogen) atoms. The van der Waals surface area contributed by atoms with E-state index in [1.807, 2.05) is 0 Å². The van der Waals surface area contributed by atoms with Crippen LogP contribution < -0.4 is 0 Å². The maximum atomic E-state index is 12.4. The molecule has 0 aromatic carbocycles. The highest BCUT2D eigenvalue weighted by atomic mass is 16.5. The fraction of sp³-hybridized carbons (Fsp3) is 0.792. The minimum Gasteiger partial charge on any atom is -0.459 e. The van der Waals surface area contributed by atoms with E-state index >= 15 is 0 Å². The number of ether oxygens (including phenoxy) is 1. The van der Waals surface area contributed by atoms with Crippen LogP contribution in [0.2, 0.25) is 0 Å². The van der Waals surface area contributed by atoms with E-state index in [9.17, 15) is 4.79 Å². The predicted octanol–water partition coefficient (Wildman–Crippen LogP) is 6.67. The van der Waals surface area contributed by atoms with Crippen molar-refractivity contribution in [2.45, 2.75) is 81.8 Å². The highest BCUT2D eigenvalue weighted by Crippen LogP contribution is 2.57. The summed E-state index contributed by atoms with van der Waals surface area (Å²) in [5.41, 5.74) is 0.781. The first-order valence-electron chi connectivity index (χ1n) is 10.0. The van der Waals surface area contributed by atoms with Gasteiger partial charge in [0.2, 0.25) is 0 Å². The first-order chi connectivity index (χ1) is 11.5. The lowest BCUT2D eigenvalue weighted by Gasteiger charge is -2.57. The van der Waals surface area contributed by atoms with Gasteiger partial charge in [-0.3, -0.25) is 0 Å². The van der Waals surface area contributed by atoms with Gasteiger partial charge in [0.15, 0.2) is 0 Å². The van der Waals surface area contributed by atoms with E-state index in [2.05, 4.69) is 81.5 Å². The number of esters is 1. The van der Waals surface area contributed by atoms with Gasteiger partial charge in [-0.1, -0.05) is 75.0 Å². The van der Waals surface area contributed by atoms with Crippen LogP contribution in [0.1, 0.15) is 75.7 Å². The first kappa shape index (κ1) is 23.0. The molecule has 150 valence electrons. The maximum absolute atomic E-state index is 12.4. The summed E-state index contributed by atoms with van der Waals surface area (Å²) >= 11 is 0. The number of hydrogen-bond donors (Lipinski definition) is 0. The molecule has 1 fully saturated rings. The standard InChI is InChI=1S/C24H42O2/c1-13-16-19(23(7,8)9)17(22(4,5)6)14-18(20(16)24(10,11)12)26-21(25)15(2)3/h13,16-20H,1-2,14H2,3-12H3. The summed E-state index contributed by atoms with van der Waals surface area (Å²) in [6.07, 6.45) is 2.92. The minimum atomic E-state index is -0.270. The fourth-order valence-electron chi connectivity index (χ4n) is 5.14. The van der Waals surface area contributed by atoms with Crippen molar-refractivity contribution in [3.63, 3.8) is 0 Å². The minimum absolute atomic E-state index is 0.0191. The third-order valence-electron chi connectivity index (χ3n) is 6.14. The zero-order chi connectivity index (χ0) is 20.7. The quantitative estimate of drug-likeness (QED) is 0.318. The van der Waals surface area contributed by atoms with E-state index in [1.54, 1.807) is 6.92 Å². The molecule has 0 aromatic rings. The van der Waals surface area contributed by atoms with Crippen molar-refractivity contribution in [1.29, 1.82) is 0 Å². The van der Waals surface area contributed by atoms with Gasteiger partial charge in [0.25, 0.3) is 0 Å². The second kappa shape index (κ2) is 7.52. The van der Waals surface area contributed by atoms with Gasteiger partial charge in [0.1, 0.15) is 6.10 Å². The molecule has 0 bridgehead atoms. The van der Waals surface area contributed by atoms with E-state index in [0.29, 0.717) is 23.3 Å². The van der Waals surface area contributed by atoms with Gasteiger partial charge in [0, 0.05) is 11.5 Å². The van der Waals surface area contributed by atoms with Crippen LogP contribution in [0.3, 0.4) is 0 Å². The second-order valence-corrected chi connectivity index (χ2v) is 11.5. The van der Waals surface area contributed by atoms with Crippen molar-refractivity contribution < 1.29 is 9.53 Å². The summed E-state index contributed by atoms with van der Waals surface area (Å²) < 4.78 is 6.02. The van der Waals surface area contributed by atoms with Crippen molar-refractivity contribution >= 4 is 5.97 Å². The number of carbonyl (C=O) groups is 1. The van der Waals surface area contributed by atoms with Crippen molar-refractivity contribution in [3.05, 3.63) is 24.8 Å². The largest absolute Gasteiger partial charge is 0.459 e. The fourth-order valence-corrected chi connectivity index (χ4v) is 5.14. The Morgan fingerprint density at radius 3 is 1.69 bits per heavy atom. The van der Waals surface area contributed by atoms with Gasteiger partial charge in [-0.15, -0.1) is 6.58 Å². The zero-order valence-corrected chi connectivity index (χ0v) is 18.9. The molecular weight excluding hydrogens is 320 g/mol. The average molecular weight is 363 g/mol. The zero-order valence-electron chi connectivity index (χ0n) is 18.9. The molecule has 0 heterocycles. The van der Waals surface area contributed by atoms with Gasteiger partial charge >= 0.3 is 5.97 Å². The van der Waals surface area contributed by atoms with E-state index in [1.165, 1.54) is 0 Å². The van der Waals surface area contributed by atoms with Gasteiger partial charge in [-0.25, -0.2) is 4.79 Å². The van der Waals surface area contributed by atoms with Gasteiger partial charge in [-0.05, 0) is 47.3 Å². The summed E-state index contributed by atoms with van der Waals surface area (Å²) in [6, 6.07) is 0. The smallest absolute Gasteiger partial charge is 0.333 e. The van der Waals surface area contributed by atoms with Crippen molar-refractivity contribution in [2.75, 3.05) is 0 Å². The molecule has 5 unspecified atom stereocenters. The van der Waals surface area contributed by atoms with Crippen molar-refractivity contribution in [2.24, 2.45) is 39.9 Å². The lowest BCUT2D eigenvalue weighted by molar-refractivity contribution is -0.167.